The fourth-order valence-electron chi connectivity index (χ4n) is 3.12. The lowest BCUT2D eigenvalue weighted by atomic mass is 10.1. The van der Waals surface area contributed by atoms with Gasteiger partial charge in [-0.25, -0.2) is 4.98 Å². The Kier molecular flexibility index (Phi) is 4.26. The van der Waals surface area contributed by atoms with Crippen molar-refractivity contribution >= 4 is 22.2 Å². The van der Waals surface area contributed by atoms with E-state index in [0.717, 1.165) is 48.6 Å². The van der Waals surface area contributed by atoms with Gasteiger partial charge in [-0.3, -0.25) is 9.20 Å². The number of hydrogen-bond acceptors (Lipinski definition) is 4. The third kappa shape index (κ3) is 2.96. The molecule has 0 radical (unpaired) electrons. The highest BCUT2D eigenvalue weighted by Gasteiger charge is 2.28. The molecule has 114 valence electrons. The first-order chi connectivity index (χ1) is 10.2. The molecule has 1 amide bonds. The Morgan fingerprint density at radius 1 is 1.57 bits per heavy atom. The average Bonchev–Trinajstić information content (AvgIpc) is 3.13. The molecule has 0 aliphatic carbocycles. The molecule has 6 heteroatoms. The zero-order chi connectivity index (χ0) is 14.8. The Balaban J connectivity index is 1.70. The first kappa shape index (κ1) is 14.5. The van der Waals surface area contributed by atoms with E-state index in [0.29, 0.717) is 12.5 Å². The predicted octanol–water partition coefficient (Wildman–Crippen LogP) is 2.01. The summed E-state index contributed by atoms with van der Waals surface area (Å²) in [4.78, 5) is 19.9. The van der Waals surface area contributed by atoms with Gasteiger partial charge in [0.05, 0.1) is 12.1 Å². The minimum atomic E-state index is 0.196. The van der Waals surface area contributed by atoms with Crippen molar-refractivity contribution in [3.8, 4) is 0 Å². The van der Waals surface area contributed by atoms with Crippen LogP contribution >= 0.6 is 11.3 Å². The molecule has 2 aromatic rings. The second-order valence-electron chi connectivity index (χ2n) is 5.69. The van der Waals surface area contributed by atoms with Crippen LogP contribution in [0.1, 0.15) is 37.1 Å². The van der Waals surface area contributed by atoms with Gasteiger partial charge in [0, 0.05) is 36.5 Å². The summed E-state index contributed by atoms with van der Waals surface area (Å²) in [6.45, 7) is 3.03. The molecule has 0 aromatic carbocycles. The lowest BCUT2D eigenvalue weighted by Gasteiger charge is -2.24. The molecule has 21 heavy (non-hydrogen) atoms. The summed E-state index contributed by atoms with van der Waals surface area (Å²) in [5.74, 6) is 0.196. The highest BCUT2D eigenvalue weighted by Crippen LogP contribution is 2.23. The molecule has 1 unspecified atom stereocenters. The van der Waals surface area contributed by atoms with Gasteiger partial charge in [0.25, 0.3) is 0 Å². The Morgan fingerprint density at radius 2 is 2.43 bits per heavy atom. The van der Waals surface area contributed by atoms with E-state index in [1.54, 1.807) is 11.3 Å². The van der Waals surface area contributed by atoms with Crippen LogP contribution in [0.25, 0.3) is 4.96 Å². The molecule has 0 spiro atoms. The lowest BCUT2D eigenvalue weighted by Crippen LogP contribution is -2.36. The van der Waals surface area contributed by atoms with E-state index in [1.807, 2.05) is 27.8 Å². The van der Waals surface area contributed by atoms with Gasteiger partial charge in [0.1, 0.15) is 0 Å². The van der Waals surface area contributed by atoms with E-state index in [2.05, 4.69) is 4.98 Å². The molecule has 0 saturated carbocycles. The van der Waals surface area contributed by atoms with Crippen molar-refractivity contribution in [1.29, 1.82) is 0 Å². The van der Waals surface area contributed by atoms with Crippen molar-refractivity contribution < 1.29 is 9.90 Å². The standard InChI is InChI=1S/C15H21N3O2S/c1-11-9-18-13(10-21-15(18)16-11)8-14(20)17-6-2-4-12(17)5-3-7-19/h9-10,12,19H,2-8H2,1H3. The summed E-state index contributed by atoms with van der Waals surface area (Å²) in [5, 5.41) is 11.0. The van der Waals surface area contributed by atoms with Crippen molar-refractivity contribution in [2.45, 2.75) is 45.1 Å². The molecular weight excluding hydrogens is 286 g/mol. The number of rotatable bonds is 5. The number of aryl methyl sites for hydroxylation is 1. The van der Waals surface area contributed by atoms with Crippen molar-refractivity contribution in [3.05, 3.63) is 23.0 Å². The second kappa shape index (κ2) is 6.15. The van der Waals surface area contributed by atoms with Gasteiger partial charge in [0.2, 0.25) is 5.91 Å². The molecule has 1 saturated heterocycles. The molecule has 2 aromatic heterocycles. The maximum Gasteiger partial charge on any atom is 0.228 e. The molecule has 3 heterocycles. The van der Waals surface area contributed by atoms with Crippen molar-refractivity contribution in [1.82, 2.24) is 14.3 Å². The first-order valence-electron chi connectivity index (χ1n) is 7.51. The van der Waals surface area contributed by atoms with Gasteiger partial charge in [-0.05, 0) is 32.6 Å². The Hall–Kier alpha value is -1.40. The van der Waals surface area contributed by atoms with Gasteiger partial charge in [-0.2, -0.15) is 0 Å². The van der Waals surface area contributed by atoms with Crippen LogP contribution in [0.4, 0.5) is 0 Å². The van der Waals surface area contributed by atoms with Gasteiger partial charge >= 0.3 is 0 Å². The summed E-state index contributed by atoms with van der Waals surface area (Å²) >= 11 is 1.58. The molecule has 5 nitrogen and oxygen atoms in total. The number of aliphatic hydroxyl groups excluding tert-OH is 1. The summed E-state index contributed by atoms with van der Waals surface area (Å²) in [6, 6.07) is 0.309. The molecule has 1 fully saturated rings. The lowest BCUT2D eigenvalue weighted by molar-refractivity contribution is -0.131. The van der Waals surface area contributed by atoms with Crippen molar-refractivity contribution in [2.75, 3.05) is 13.2 Å². The van der Waals surface area contributed by atoms with Crippen LogP contribution in [-0.2, 0) is 11.2 Å². The van der Waals surface area contributed by atoms with E-state index >= 15 is 0 Å². The largest absolute Gasteiger partial charge is 0.396 e. The van der Waals surface area contributed by atoms with Crippen LogP contribution in [0.3, 0.4) is 0 Å². The zero-order valence-corrected chi connectivity index (χ0v) is 13.1. The summed E-state index contributed by atoms with van der Waals surface area (Å²) in [7, 11) is 0. The summed E-state index contributed by atoms with van der Waals surface area (Å²) in [5.41, 5.74) is 2.01. The molecule has 1 atom stereocenters. The third-order valence-corrected chi connectivity index (χ3v) is 5.02. The number of nitrogens with zero attached hydrogens (tertiary/aromatic N) is 3. The number of carbonyl (C=O) groups excluding carboxylic acids is 1. The maximum atomic E-state index is 12.6. The van der Waals surface area contributed by atoms with E-state index in [1.165, 1.54) is 0 Å². The third-order valence-electron chi connectivity index (χ3n) is 4.13. The number of hydrogen-bond donors (Lipinski definition) is 1. The Bertz CT molecular complexity index is 634. The number of aromatic nitrogens is 2. The van der Waals surface area contributed by atoms with E-state index in [-0.39, 0.29) is 12.5 Å². The second-order valence-corrected chi connectivity index (χ2v) is 6.52. The van der Waals surface area contributed by atoms with Crippen LogP contribution in [-0.4, -0.2) is 44.5 Å². The van der Waals surface area contributed by atoms with Gasteiger partial charge < -0.3 is 10.0 Å². The molecular formula is C15H21N3O2S. The van der Waals surface area contributed by atoms with Crippen molar-refractivity contribution in [2.24, 2.45) is 0 Å². The number of imidazole rings is 1. The van der Waals surface area contributed by atoms with E-state index in [4.69, 9.17) is 5.11 Å². The molecule has 1 N–H and O–H groups in total. The van der Waals surface area contributed by atoms with Crippen LogP contribution in [0.15, 0.2) is 11.6 Å². The van der Waals surface area contributed by atoms with Crippen LogP contribution in [0, 0.1) is 6.92 Å². The average molecular weight is 307 g/mol. The maximum absolute atomic E-state index is 12.6. The number of amides is 1. The predicted molar refractivity (Wildman–Crippen MR) is 82.6 cm³/mol. The van der Waals surface area contributed by atoms with Crippen LogP contribution < -0.4 is 0 Å². The number of likely N-dealkylation sites (tertiary alicyclic amines) is 1. The molecule has 1 aliphatic rings. The molecule has 1 aliphatic heterocycles. The first-order valence-corrected chi connectivity index (χ1v) is 8.39. The topological polar surface area (TPSA) is 57.8 Å². The fourth-order valence-corrected chi connectivity index (χ4v) is 4.04. The quantitative estimate of drug-likeness (QED) is 0.919. The Labute approximate surface area is 128 Å². The monoisotopic (exact) mass is 307 g/mol. The molecule has 0 bridgehead atoms. The molecule has 3 rings (SSSR count). The van der Waals surface area contributed by atoms with Crippen LogP contribution in [0.2, 0.25) is 0 Å². The number of fused-ring (bicyclic) bond motifs is 1. The SMILES string of the molecule is Cc1cn2c(CC(=O)N3CCCC3CCCO)csc2n1. The Morgan fingerprint density at radius 3 is 3.24 bits per heavy atom. The highest BCUT2D eigenvalue weighted by atomic mass is 32.1. The highest BCUT2D eigenvalue weighted by molar-refractivity contribution is 7.15. The summed E-state index contributed by atoms with van der Waals surface area (Å²) in [6.07, 6.45) is 6.25. The number of aliphatic hydroxyl groups is 1. The number of thiazole rings is 1. The fraction of sp³-hybridized carbons (Fsp3) is 0.600. The smallest absolute Gasteiger partial charge is 0.228 e. The van der Waals surface area contributed by atoms with Gasteiger partial charge in [0.15, 0.2) is 4.96 Å². The van der Waals surface area contributed by atoms with Gasteiger partial charge in [-0.15, -0.1) is 11.3 Å². The summed E-state index contributed by atoms with van der Waals surface area (Å²) < 4.78 is 2.02. The van der Waals surface area contributed by atoms with Crippen molar-refractivity contribution in [3.63, 3.8) is 0 Å². The van der Waals surface area contributed by atoms with E-state index < -0.39 is 0 Å². The van der Waals surface area contributed by atoms with Gasteiger partial charge in [-0.1, -0.05) is 0 Å². The normalized spacial score (nSPS) is 18.8. The minimum absolute atomic E-state index is 0.196. The number of carbonyl (C=O) groups is 1. The van der Waals surface area contributed by atoms with E-state index in [9.17, 15) is 4.79 Å². The minimum Gasteiger partial charge on any atom is -0.396 e. The van der Waals surface area contributed by atoms with Crippen LogP contribution in [0.5, 0.6) is 0 Å². The zero-order valence-electron chi connectivity index (χ0n) is 12.3.